The molecule has 2 aromatic rings. The van der Waals surface area contributed by atoms with Gasteiger partial charge in [-0.1, -0.05) is 0 Å². The number of carbonyl (C=O) groups is 2. The van der Waals surface area contributed by atoms with Crippen molar-refractivity contribution in [1.29, 1.82) is 5.26 Å². The van der Waals surface area contributed by atoms with E-state index >= 15 is 0 Å². The first-order valence-electron chi connectivity index (χ1n) is 8.58. The number of nitriles is 1. The lowest BCUT2D eigenvalue weighted by atomic mass is 10.2. The molecule has 0 saturated heterocycles. The summed E-state index contributed by atoms with van der Waals surface area (Å²) >= 11 is 0. The molecular weight excluding hydrogens is 364 g/mol. The van der Waals surface area contributed by atoms with Crippen molar-refractivity contribution in [2.75, 3.05) is 25.1 Å². The van der Waals surface area contributed by atoms with Gasteiger partial charge < -0.3 is 24.3 Å². The van der Waals surface area contributed by atoms with E-state index in [2.05, 4.69) is 5.32 Å². The molecule has 0 fully saturated rings. The molecule has 1 N–H and O–H groups in total. The summed E-state index contributed by atoms with van der Waals surface area (Å²) in [5, 5.41) is 11.4. The molecule has 28 heavy (non-hydrogen) atoms. The molecule has 1 amide bonds. The van der Waals surface area contributed by atoms with Crippen molar-refractivity contribution in [2.24, 2.45) is 0 Å². The molecule has 0 bridgehead atoms. The van der Waals surface area contributed by atoms with Crippen molar-refractivity contribution in [2.45, 2.75) is 13.0 Å². The molecule has 0 saturated carbocycles. The highest BCUT2D eigenvalue weighted by Gasteiger charge is 2.18. The molecule has 0 aromatic heterocycles. The Balaban J connectivity index is 1.46. The molecular formula is C20H18N2O6. The second-order valence-corrected chi connectivity index (χ2v) is 5.91. The highest BCUT2D eigenvalue weighted by atomic mass is 16.6. The summed E-state index contributed by atoms with van der Waals surface area (Å²) in [6.45, 7) is 1.99. The Morgan fingerprint density at radius 3 is 2.57 bits per heavy atom. The van der Waals surface area contributed by atoms with Gasteiger partial charge in [-0.3, -0.25) is 4.79 Å². The molecule has 0 spiro atoms. The molecule has 1 heterocycles. The van der Waals surface area contributed by atoms with E-state index < -0.39 is 24.6 Å². The first-order chi connectivity index (χ1) is 13.5. The second kappa shape index (κ2) is 8.77. The van der Waals surface area contributed by atoms with Crippen molar-refractivity contribution in [1.82, 2.24) is 0 Å². The third-order valence-electron chi connectivity index (χ3n) is 3.80. The normalized spacial score (nSPS) is 13.0. The minimum Gasteiger partial charge on any atom is -0.486 e. The van der Waals surface area contributed by atoms with Crippen molar-refractivity contribution in [3.8, 4) is 23.3 Å². The van der Waals surface area contributed by atoms with Crippen LogP contribution in [0.5, 0.6) is 17.2 Å². The van der Waals surface area contributed by atoms with Crippen molar-refractivity contribution < 1.29 is 28.5 Å². The number of rotatable bonds is 6. The van der Waals surface area contributed by atoms with Gasteiger partial charge >= 0.3 is 5.97 Å². The van der Waals surface area contributed by atoms with Crippen LogP contribution in [0.3, 0.4) is 0 Å². The van der Waals surface area contributed by atoms with Gasteiger partial charge in [-0.25, -0.2) is 4.79 Å². The van der Waals surface area contributed by atoms with Crippen LogP contribution < -0.4 is 19.5 Å². The number of fused-ring (bicyclic) bond motifs is 1. The lowest BCUT2D eigenvalue weighted by molar-refractivity contribution is -0.153. The largest absolute Gasteiger partial charge is 0.486 e. The lowest BCUT2D eigenvalue weighted by Crippen LogP contribution is -2.29. The van der Waals surface area contributed by atoms with E-state index in [9.17, 15) is 9.59 Å². The van der Waals surface area contributed by atoms with Crippen LogP contribution in [0.2, 0.25) is 0 Å². The minimum atomic E-state index is -0.907. The summed E-state index contributed by atoms with van der Waals surface area (Å²) in [5.41, 5.74) is 0.991. The number of anilines is 1. The van der Waals surface area contributed by atoms with Gasteiger partial charge in [0.15, 0.2) is 24.2 Å². The van der Waals surface area contributed by atoms with Crippen LogP contribution in [0.25, 0.3) is 0 Å². The van der Waals surface area contributed by atoms with E-state index in [-0.39, 0.29) is 0 Å². The molecule has 2 aromatic carbocycles. The van der Waals surface area contributed by atoms with Crippen LogP contribution in [0.4, 0.5) is 5.69 Å². The van der Waals surface area contributed by atoms with Gasteiger partial charge in [0.1, 0.15) is 19.0 Å². The summed E-state index contributed by atoms with van der Waals surface area (Å²) in [5.74, 6) is 0.413. The number of hydrogen-bond donors (Lipinski definition) is 1. The number of hydrogen-bond acceptors (Lipinski definition) is 7. The highest BCUT2D eigenvalue weighted by molar-refractivity contribution is 5.93. The zero-order valence-corrected chi connectivity index (χ0v) is 15.1. The third kappa shape index (κ3) is 4.92. The van der Waals surface area contributed by atoms with E-state index in [1.54, 1.807) is 42.5 Å². The zero-order chi connectivity index (χ0) is 19.9. The Morgan fingerprint density at radius 2 is 1.86 bits per heavy atom. The minimum absolute atomic E-state index is 0.421. The number of benzene rings is 2. The summed E-state index contributed by atoms with van der Waals surface area (Å²) in [6, 6.07) is 13.3. The quantitative estimate of drug-likeness (QED) is 0.764. The second-order valence-electron chi connectivity index (χ2n) is 5.91. The lowest BCUT2D eigenvalue weighted by Gasteiger charge is -2.19. The Hall–Kier alpha value is -3.73. The molecule has 8 nitrogen and oxygen atoms in total. The van der Waals surface area contributed by atoms with Crippen LogP contribution in [0, 0.1) is 11.3 Å². The fourth-order valence-electron chi connectivity index (χ4n) is 2.43. The molecule has 0 radical (unpaired) electrons. The maximum Gasteiger partial charge on any atom is 0.347 e. The Kier molecular flexibility index (Phi) is 5.97. The number of nitrogens with zero attached hydrogens (tertiary/aromatic N) is 1. The molecule has 1 aliphatic rings. The van der Waals surface area contributed by atoms with Gasteiger partial charge in [-0.2, -0.15) is 5.26 Å². The number of esters is 1. The highest BCUT2D eigenvalue weighted by Crippen LogP contribution is 2.32. The van der Waals surface area contributed by atoms with E-state index in [0.29, 0.717) is 41.7 Å². The average Bonchev–Trinajstić information content (AvgIpc) is 2.72. The fraction of sp³-hybridized carbons (Fsp3) is 0.250. The van der Waals surface area contributed by atoms with Crippen LogP contribution >= 0.6 is 0 Å². The van der Waals surface area contributed by atoms with Gasteiger partial charge in [0.2, 0.25) is 0 Å². The monoisotopic (exact) mass is 382 g/mol. The Morgan fingerprint density at radius 1 is 1.14 bits per heavy atom. The molecule has 0 aliphatic carbocycles. The standard InChI is InChI=1S/C20H18N2O6/c1-13(28-16-5-2-14(11-21)3-6-16)20(24)27-12-19(23)22-15-4-7-17-18(10-15)26-9-8-25-17/h2-7,10,13H,8-9,12H2,1H3,(H,22,23)/t13-/m0/s1. The van der Waals surface area contributed by atoms with E-state index in [4.69, 9.17) is 24.2 Å². The predicted octanol–water partition coefficient (Wildman–Crippen LogP) is 2.28. The summed E-state index contributed by atoms with van der Waals surface area (Å²) < 4.78 is 21.3. The van der Waals surface area contributed by atoms with Crippen molar-refractivity contribution in [3.05, 3.63) is 48.0 Å². The maximum atomic E-state index is 12.0. The van der Waals surface area contributed by atoms with Gasteiger partial charge in [0, 0.05) is 11.8 Å². The van der Waals surface area contributed by atoms with Crippen molar-refractivity contribution >= 4 is 17.6 Å². The van der Waals surface area contributed by atoms with Crippen LogP contribution in [0.15, 0.2) is 42.5 Å². The maximum absolute atomic E-state index is 12.0. The summed E-state index contributed by atoms with van der Waals surface area (Å²) in [6.07, 6.45) is -0.907. The number of carbonyl (C=O) groups excluding carboxylic acids is 2. The molecule has 144 valence electrons. The topological polar surface area (TPSA) is 107 Å². The molecule has 1 aliphatic heterocycles. The van der Waals surface area contributed by atoms with Crippen LogP contribution in [0.1, 0.15) is 12.5 Å². The van der Waals surface area contributed by atoms with E-state index in [0.717, 1.165) is 0 Å². The number of ether oxygens (including phenoxy) is 4. The third-order valence-corrected chi connectivity index (χ3v) is 3.80. The fourth-order valence-corrected chi connectivity index (χ4v) is 2.43. The van der Waals surface area contributed by atoms with Gasteiger partial charge in [-0.05, 0) is 43.3 Å². The van der Waals surface area contributed by atoms with Gasteiger partial charge in [-0.15, -0.1) is 0 Å². The average molecular weight is 382 g/mol. The summed E-state index contributed by atoms with van der Waals surface area (Å²) in [7, 11) is 0. The van der Waals surface area contributed by atoms with Gasteiger partial charge in [0.05, 0.1) is 11.6 Å². The van der Waals surface area contributed by atoms with E-state index in [1.807, 2.05) is 6.07 Å². The van der Waals surface area contributed by atoms with Crippen LogP contribution in [-0.4, -0.2) is 37.8 Å². The SMILES string of the molecule is C[C@H](Oc1ccc(C#N)cc1)C(=O)OCC(=O)Nc1ccc2c(c1)OCCO2. The molecule has 3 rings (SSSR count). The smallest absolute Gasteiger partial charge is 0.347 e. The number of amides is 1. The van der Waals surface area contributed by atoms with Gasteiger partial charge in [0.25, 0.3) is 5.91 Å². The van der Waals surface area contributed by atoms with Crippen molar-refractivity contribution in [3.63, 3.8) is 0 Å². The predicted molar refractivity (Wildman–Crippen MR) is 98.3 cm³/mol. The first-order valence-corrected chi connectivity index (χ1v) is 8.58. The molecule has 8 heteroatoms. The zero-order valence-electron chi connectivity index (χ0n) is 15.1. The Bertz CT molecular complexity index is 904. The molecule has 0 unspecified atom stereocenters. The van der Waals surface area contributed by atoms with E-state index in [1.165, 1.54) is 6.92 Å². The van der Waals surface area contributed by atoms with Crippen LogP contribution in [-0.2, 0) is 14.3 Å². The number of nitrogens with one attached hydrogen (secondary N) is 1. The Labute approximate surface area is 161 Å². The first kappa shape index (κ1) is 19.0. The summed E-state index contributed by atoms with van der Waals surface area (Å²) in [4.78, 5) is 24.0. The molecule has 1 atom stereocenters.